The van der Waals surface area contributed by atoms with Crippen LogP contribution in [0.5, 0.6) is 11.5 Å². The first kappa shape index (κ1) is 30.1. The lowest BCUT2D eigenvalue weighted by molar-refractivity contribution is 0.0262. The highest BCUT2D eigenvalue weighted by Crippen LogP contribution is 2.23. The second kappa shape index (κ2) is 15.9. The molecule has 0 saturated carbocycles. The SMILES string of the molecule is Cc1cccc(C)c1OCC(C)N(C)CCOCCOCCN(C)C(C)COc1c(C)cccc1C. The van der Waals surface area contributed by atoms with Crippen LogP contribution in [-0.2, 0) is 9.47 Å². The zero-order valence-electron chi connectivity index (χ0n) is 23.8. The van der Waals surface area contributed by atoms with E-state index in [4.69, 9.17) is 18.9 Å². The van der Waals surface area contributed by atoms with Crippen molar-refractivity contribution in [3.63, 3.8) is 0 Å². The maximum atomic E-state index is 6.09. The Labute approximate surface area is 219 Å². The van der Waals surface area contributed by atoms with Gasteiger partial charge in [0, 0.05) is 25.2 Å². The summed E-state index contributed by atoms with van der Waals surface area (Å²) in [6.45, 7) is 18.3. The molecule has 2 rings (SSSR count). The summed E-state index contributed by atoms with van der Waals surface area (Å²) in [7, 11) is 4.22. The molecule has 0 aromatic heterocycles. The van der Waals surface area contributed by atoms with Gasteiger partial charge in [-0.05, 0) is 77.9 Å². The fraction of sp³-hybridized carbons (Fsp3) is 0.600. The number of hydrogen-bond donors (Lipinski definition) is 0. The van der Waals surface area contributed by atoms with E-state index in [-0.39, 0.29) is 0 Å². The van der Waals surface area contributed by atoms with Gasteiger partial charge in [0.1, 0.15) is 24.7 Å². The average Bonchev–Trinajstić information content (AvgIpc) is 2.84. The molecule has 6 heteroatoms. The van der Waals surface area contributed by atoms with Crippen LogP contribution in [0.4, 0.5) is 0 Å². The summed E-state index contributed by atoms with van der Waals surface area (Å²) in [5, 5.41) is 0. The van der Waals surface area contributed by atoms with Crippen molar-refractivity contribution in [2.45, 2.75) is 53.6 Å². The highest BCUT2D eigenvalue weighted by Gasteiger charge is 2.13. The van der Waals surface area contributed by atoms with Gasteiger partial charge in [-0.3, -0.25) is 9.80 Å². The van der Waals surface area contributed by atoms with Crippen LogP contribution in [-0.4, -0.2) is 88.7 Å². The van der Waals surface area contributed by atoms with Crippen LogP contribution >= 0.6 is 0 Å². The zero-order chi connectivity index (χ0) is 26.5. The standard InChI is InChI=1S/C30H48N2O4/c1-23-11-9-12-24(2)29(23)35-21-27(5)31(7)15-17-33-19-20-34-18-16-32(8)28(6)22-36-30-25(3)13-10-14-26(30)4/h9-14,27-28H,15-22H2,1-8H3. The van der Waals surface area contributed by atoms with E-state index >= 15 is 0 Å². The van der Waals surface area contributed by atoms with Gasteiger partial charge in [-0.15, -0.1) is 0 Å². The van der Waals surface area contributed by atoms with Crippen LogP contribution in [0.25, 0.3) is 0 Å². The van der Waals surface area contributed by atoms with Crippen molar-refractivity contribution < 1.29 is 18.9 Å². The van der Waals surface area contributed by atoms with Gasteiger partial charge in [0.05, 0.1) is 26.4 Å². The normalized spacial score (nSPS) is 13.3. The molecule has 2 atom stereocenters. The third kappa shape index (κ3) is 10.1. The Morgan fingerprint density at radius 1 is 0.583 bits per heavy atom. The molecule has 0 spiro atoms. The van der Waals surface area contributed by atoms with Crippen molar-refractivity contribution in [2.75, 3.05) is 66.8 Å². The molecule has 0 saturated heterocycles. The molecule has 0 aliphatic rings. The molecule has 6 nitrogen and oxygen atoms in total. The average molecular weight is 501 g/mol. The second-order valence-electron chi connectivity index (χ2n) is 9.95. The number of hydrogen-bond acceptors (Lipinski definition) is 6. The lowest BCUT2D eigenvalue weighted by atomic mass is 10.1. The summed E-state index contributed by atoms with van der Waals surface area (Å²) in [5.74, 6) is 2.00. The highest BCUT2D eigenvalue weighted by atomic mass is 16.5. The van der Waals surface area contributed by atoms with Crippen molar-refractivity contribution in [1.82, 2.24) is 9.80 Å². The van der Waals surface area contributed by atoms with E-state index in [1.54, 1.807) is 0 Å². The van der Waals surface area contributed by atoms with Crippen LogP contribution in [0.1, 0.15) is 36.1 Å². The summed E-state index contributed by atoms with van der Waals surface area (Å²) >= 11 is 0. The van der Waals surface area contributed by atoms with Crippen molar-refractivity contribution >= 4 is 0 Å². The van der Waals surface area contributed by atoms with Gasteiger partial charge in [-0.1, -0.05) is 36.4 Å². The van der Waals surface area contributed by atoms with Crippen LogP contribution in [0, 0.1) is 27.7 Å². The molecule has 0 N–H and O–H groups in total. The van der Waals surface area contributed by atoms with E-state index in [0.717, 1.165) is 24.6 Å². The summed E-state index contributed by atoms with van der Waals surface area (Å²) in [5.41, 5.74) is 4.72. The highest BCUT2D eigenvalue weighted by molar-refractivity contribution is 5.40. The van der Waals surface area contributed by atoms with Gasteiger partial charge < -0.3 is 18.9 Å². The summed E-state index contributed by atoms with van der Waals surface area (Å²) in [6.07, 6.45) is 0. The van der Waals surface area contributed by atoms with Gasteiger partial charge in [0.2, 0.25) is 0 Å². The number of ether oxygens (including phenoxy) is 4. The van der Waals surface area contributed by atoms with Gasteiger partial charge in [-0.25, -0.2) is 0 Å². The first-order chi connectivity index (χ1) is 17.2. The molecular formula is C30H48N2O4. The molecule has 0 radical (unpaired) electrons. The van der Waals surface area contributed by atoms with Gasteiger partial charge in [0.15, 0.2) is 0 Å². The van der Waals surface area contributed by atoms with Crippen molar-refractivity contribution in [3.05, 3.63) is 58.7 Å². The van der Waals surface area contributed by atoms with Crippen LogP contribution in [0.15, 0.2) is 36.4 Å². The largest absolute Gasteiger partial charge is 0.491 e. The first-order valence-corrected chi connectivity index (χ1v) is 13.1. The van der Waals surface area contributed by atoms with Crippen molar-refractivity contribution in [2.24, 2.45) is 0 Å². The summed E-state index contributed by atoms with van der Waals surface area (Å²) < 4.78 is 23.7. The molecule has 0 aliphatic carbocycles. The minimum absolute atomic E-state index is 0.306. The molecule has 2 aromatic carbocycles. The smallest absolute Gasteiger partial charge is 0.125 e. The fourth-order valence-electron chi connectivity index (χ4n) is 3.90. The molecule has 2 unspecified atom stereocenters. The Hall–Kier alpha value is -2.12. The minimum Gasteiger partial charge on any atom is -0.491 e. The number of rotatable bonds is 17. The van der Waals surface area contributed by atoms with Crippen LogP contribution in [0.3, 0.4) is 0 Å². The van der Waals surface area contributed by atoms with Gasteiger partial charge in [-0.2, -0.15) is 0 Å². The Bertz CT molecular complexity index is 791. The maximum Gasteiger partial charge on any atom is 0.125 e. The minimum atomic E-state index is 0.306. The molecular weight excluding hydrogens is 452 g/mol. The Morgan fingerprint density at radius 3 is 1.25 bits per heavy atom. The Kier molecular flexibility index (Phi) is 13.3. The molecule has 36 heavy (non-hydrogen) atoms. The third-order valence-corrected chi connectivity index (χ3v) is 6.81. The molecule has 202 valence electrons. The monoisotopic (exact) mass is 500 g/mol. The fourth-order valence-corrected chi connectivity index (χ4v) is 3.90. The lowest BCUT2D eigenvalue weighted by Gasteiger charge is -2.26. The topological polar surface area (TPSA) is 43.4 Å². The van der Waals surface area contributed by atoms with Gasteiger partial charge >= 0.3 is 0 Å². The molecule has 0 bridgehead atoms. The molecule has 0 fully saturated rings. The predicted octanol–water partition coefficient (Wildman–Crippen LogP) is 5.05. The van der Waals surface area contributed by atoms with E-state index in [1.807, 2.05) is 0 Å². The van der Waals surface area contributed by atoms with E-state index in [2.05, 4.69) is 102 Å². The van der Waals surface area contributed by atoms with Crippen molar-refractivity contribution in [3.8, 4) is 11.5 Å². The molecule has 0 amide bonds. The number of nitrogens with zero attached hydrogens (tertiary/aromatic N) is 2. The predicted molar refractivity (Wildman–Crippen MR) is 149 cm³/mol. The molecule has 0 heterocycles. The third-order valence-electron chi connectivity index (χ3n) is 6.81. The number of aryl methyl sites for hydroxylation is 4. The Morgan fingerprint density at radius 2 is 0.917 bits per heavy atom. The van der Waals surface area contributed by atoms with E-state index in [0.29, 0.717) is 51.7 Å². The lowest BCUT2D eigenvalue weighted by Crippen LogP contribution is -2.37. The van der Waals surface area contributed by atoms with Crippen molar-refractivity contribution in [1.29, 1.82) is 0 Å². The van der Waals surface area contributed by atoms with Gasteiger partial charge in [0.25, 0.3) is 0 Å². The molecule has 0 aliphatic heterocycles. The first-order valence-electron chi connectivity index (χ1n) is 13.1. The van der Waals surface area contributed by atoms with E-state index in [9.17, 15) is 0 Å². The number of likely N-dealkylation sites (N-methyl/N-ethyl adjacent to an activating group) is 2. The maximum absolute atomic E-state index is 6.09. The van der Waals surface area contributed by atoms with Crippen LogP contribution in [0.2, 0.25) is 0 Å². The summed E-state index contributed by atoms with van der Waals surface area (Å²) in [4.78, 5) is 4.54. The Balaban J connectivity index is 1.51. The zero-order valence-corrected chi connectivity index (χ0v) is 23.8. The molecule has 2 aromatic rings. The van der Waals surface area contributed by atoms with E-state index in [1.165, 1.54) is 22.3 Å². The second-order valence-corrected chi connectivity index (χ2v) is 9.95. The quantitative estimate of drug-likeness (QED) is 0.283. The van der Waals surface area contributed by atoms with Crippen LogP contribution < -0.4 is 9.47 Å². The van der Waals surface area contributed by atoms with E-state index < -0.39 is 0 Å². The number of para-hydroxylation sites is 2. The summed E-state index contributed by atoms with van der Waals surface area (Å²) in [6, 6.07) is 13.1. The number of benzene rings is 2.